The normalized spacial score (nSPS) is 12.9. The summed E-state index contributed by atoms with van der Waals surface area (Å²) in [5.74, 6) is 6.29. The van der Waals surface area contributed by atoms with Gasteiger partial charge in [0, 0.05) is 38.6 Å². The molecule has 0 aliphatic carbocycles. The van der Waals surface area contributed by atoms with Crippen LogP contribution in [0.5, 0.6) is 0 Å². The van der Waals surface area contributed by atoms with Crippen LogP contribution in [-0.2, 0) is 43.0 Å². The summed E-state index contributed by atoms with van der Waals surface area (Å²) in [4.78, 5) is 0. The van der Waals surface area contributed by atoms with E-state index in [2.05, 4.69) is 11.6 Å². The Morgan fingerprint density at radius 3 is 1.61 bits per heavy atom. The van der Waals surface area contributed by atoms with Gasteiger partial charge >= 0.3 is 0 Å². The molecule has 2 unspecified atom stereocenters. The third kappa shape index (κ3) is 20.1. The van der Waals surface area contributed by atoms with Gasteiger partial charge < -0.3 is 34.0 Å². The highest BCUT2D eigenvalue weighted by molar-refractivity contribution is 9.09. The van der Waals surface area contributed by atoms with E-state index >= 15 is 0 Å². The van der Waals surface area contributed by atoms with Crippen LogP contribution in [0, 0.1) is 0 Å². The van der Waals surface area contributed by atoms with Gasteiger partial charge in [0.15, 0.2) is 0 Å². The highest BCUT2D eigenvalue weighted by atomic mass is 33.5. The lowest BCUT2D eigenvalue weighted by atomic mass is 10.6. The number of rotatable bonds is 16. The zero-order valence-electron chi connectivity index (χ0n) is 13.4. The van der Waals surface area contributed by atoms with Crippen molar-refractivity contribution >= 4 is 81.5 Å². The molecule has 2 atom stereocenters. The van der Waals surface area contributed by atoms with Crippen LogP contribution in [0.2, 0.25) is 0 Å². The Balaban J connectivity index is 3.39. The van der Waals surface area contributed by atoms with Gasteiger partial charge in [-0.05, 0) is 9.83 Å². The molecule has 0 saturated carbocycles. The predicted octanol–water partition coefficient (Wildman–Crippen LogP) is 4.44. The molecule has 0 aliphatic rings. The molecule has 0 rings (SSSR count). The van der Waals surface area contributed by atoms with E-state index in [1.807, 2.05) is 31.4 Å². The van der Waals surface area contributed by atoms with E-state index in [4.69, 9.17) is 43.0 Å². The van der Waals surface area contributed by atoms with E-state index in [-0.39, 0.29) is 0 Å². The molecule has 4 nitrogen and oxygen atoms in total. The molecular formula is C12H24O4P2S5. The smallest absolute Gasteiger partial charge is 0.120 e. The molecule has 0 N–H and O–H groups in total. The molecule has 0 aromatic heterocycles. The van der Waals surface area contributed by atoms with Crippen molar-refractivity contribution in [2.24, 2.45) is 0 Å². The van der Waals surface area contributed by atoms with Crippen molar-refractivity contribution in [2.45, 2.75) is 12.8 Å². The summed E-state index contributed by atoms with van der Waals surface area (Å²) in [6.45, 7) is 0.717. The molecule has 0 spiro atoms. The number of methoxy groups -OCH3 is 2. The SMILES string of the molecule is COCCO[P+]([S-])=CCCSSSCCC=[P+]([S-])OCCOC. The van der Waals surface area contributed by atoms with Crippen LogP contribution < -0.4 is 0 Å². The number of hydrogen-bond acceptors (Lipinski definition) is 9. The van der Waals surface area contributed by atoms with Crippen molar-refractivity contribution in [2.75, 3.05) is 52.2 Å². The van der Waals surface area contributed by atoms with Gasteiger partial charge in [0.25, 0.3) is 0 Å². The van der Waals surface area contributed by atoms with Crippen molar-refractivity contribution in [3.8, 4) is 0 Å². The topological polar surface area (TPSA) is 36.9 Å². The third-order valence-corrected chi connectivity index (χ3v) is 9.89. The highest BCUT2D eigenvalue weighted by Crippen LogP contribution is 2.35. The predicted molar refractivity (Wildman–Crippen MR) is 118 cm³/mol. The van der Waals surface area contributed by atoms with Crippen LogP contribution in [0.15, 0.2) is 0 Å². The van der Waals surface area contributed by atoms with E-state index in [1.54, 1.807) is 14.2 Å². The van der Waals surface area contributed by atoms with Crippen LogP contribution in [0.25, 0.3) is 0 Å². The van der Waals surface area contributed by atoms with E-state index < -0.39 is 13.9 Å². The molecule has 11 heteroatoms. The standard InChI is InChI=1S/C12H24O4P2S5/c1-13-5-7-15-17(19)9-3-11-21-23-22-12-4-10-18(20)16-8-6-14-2/h9-10H,3-8,11-12H2,1-2H3. The van der Waals surface area contributed by atoms with Crippen molar-refractivity contribution in [1.29, 1.82) is 0 Å². The van der Waals surface area contributed by atoms with E-state index in [1.165, 1.54) is 0 Å². The largest absolute Gasteiger partial charge is 0.457 e. The molecule has 0 heterocycles. The second kappa shape index (κ2) is 20.2. The number of ether oxygens (including phenoxy) is 2. The van der Waals surface area contributed by atoms with Crippen LogP contribution in [-0.4, -0.2) is 63.7 Å². The van der Waals surface area contributed by atoms with E-state index in [9.17, 15) is 0 Å². The Bertz CT molecular complexity index is 305. The molecular weight excluding hydrogens is 430 g/mol. The lowest BCUT2D eigenvalue weighted by Gasteiger charge is -2.00. The minimum Gasteiger partial charge on any atom is -0.457 e. The minimum absolute atomic E-state index is 0.580. The Kier molecular flexibility index (Phi) is 21.9. The van der Waals surface area contributed by atoms with Crippen LogP contribution in [0.3, 0.4) is 0 Å². The average molecular weight is 455 g/mol. The molecule has 0 aromatic carbocycles. The zero-order valence-corrected chi connectivity index (χ0v) is 19.3. The van der Waals surface area contributed by atoms with Gasteiger partial charge in [-0.25, -0.2) is 9.05 Å². The molecule has 0 saturated heterocycles. The third-order valence-electron chi connectivity index (χ3n) is 2.07. The molecule has 0 radical (unpaired) electrons. The maximum atomic E-state index is 5.45. The molecule has 0 aromatic rings. The lowest BCUT2D eigenvalue weighted by molar-refractivity contribution is 0.156. The summed E-state index contributed by atoms with van der Waals surface area (Å²) in [5, 5.41) is 0. The number of hydrogen-bond donors (Lipinski definition) is 0. The zero-order chi connectivity index (χ0) is 17.2. The van der Waals surface area contributed by atoms with Gasteiger partial charge in [0.05, 0.1) is 24.8 Å². The second-order valence-electron chi connectivity index (χ2n) is 3.88. The summed E-state index contributed by atoms with van der Waals surface area (Å²) in [6, 6.07) is 0. The summed E-state index contributed by atoms with van der Waals surface area (Å²) in [6.07, 6.45) is 1.97. The maximum absolute atomic E-state index is 5.45. The Morgan fingerprint density at radius 2 is 1.22 bits per heavy atom. The lowest BCUT2D eigenvalue weighted by Crippen LogP contribution is -1.96. The van der Waals surface area contributed by atoms with Crippen LogP contribution >= 0.6 is 45.4 Å². The quantitative estimate of drug-likeness (QED) is 0.146. The first-order valence-electron chi connectivity index (χ1n) is 6.95. The average Bonchev–Trinajstić information content (AvgIpc) is 2.53. The Labute approximate surface area is 164 Å². The van der Waals surface area contributed by atoms with Crippen molar-refractivity contribution in [3.63, 3.8) is 0 Å². The highest BCUT2D eigenvalue weighted by Gasteiger charge is 1.98. The van der Waals surface area contributed by atoms with Gasteiger partial charge in [-0.1, -0.05) is 21.6 Å². The first kappa shape index (κ1) is 24.9. The fraction of sp³-hybridized carbons (Fsp3) is 0.833. The minimum atomic E-state index is -0.825. The summed E-state index contributed by atoms with van der Waals surface area (Å²) >= 11 is 10.5. The van der Waals surface area contributed by atoms with Gasteiger partial charge in [-0.2, -0.15) is 0 Å². The monoisotopic (exact) mass is 454 g/mol. The summed E-state index contributed by atoms with van der Waals surface area (Å²) < 4.78 is 20.7. The molecule has 0 fully saturated rings. The van der Waals surface area contributed by atoms with Crippen molar-refractivity contribution < 1.29 is 18.5 Å². The van der Waals surface area contributed by atoms with Gasteiger partial charge in [-0.3, -0.25) is 0 Å². The van der Waals surface area contributed by atoms with E-state index in [0.717, 1.165) is 24.3 Å². The molecule has 136 valence electrons. The second-order valence-corrected chi connectivity index (χ2v) is 12.9. The van der Waals surface area contributed by atoms with Gasteiger partial charge in [-0.15, -0.1) is 0 Å². The molecule has 0 amide bonds. The molecule has 23 heavy (non-hydrogen) atoms. The summed E-state index contributed by atoms with van der Waals surface area (Å²) in [5.41, 5.74) is 0. The van der Waals surface area contributed by atoms with Gasteiger partial charge in [0.2, 0.25) is 0 Å². The fourth-order valence-electron chi connectivity index (χ4n) is 1.04. The maximum Gasteiger partial charge on any atom is 0.120 e. The van der Waals surface area contributed by atoms with Gasteiger partial charge in [0.1, 0.15) is 27.2 Å². The van der Waals surface area contributed by atoms with Crippen LogP contribution in [0.4, 0.5) is 0 Å². The van der Waals surface area contributed by atoms with Crippen LogP contribution in [0.1, 0.15) is 12.8 Å². The van der Waals surface area contributed by atoms with Crippen molar-refractivity contribution in [1.82, 2.24) is 0 Å². The fourth-order valence-corrected chi connectivity index (χ4v) is 7.53. The Hall–Kier alpha value is 1.93. The summed E-state index contributed by atoms with van der Waals surface area (Å²) in [7, 11) is 8.83. The van der Waals surface area contributed by atoms with E-state index in [0.29, 0.717) is 26.4 Å². The molecule has 0 aliphatic heterocycles. The Morgan fingerprint density at radius 1 is 0.783 bits per heavy atom. The van der Waals surface area contributed by atoms with Crippen molar-refractivity contribution in [3.05, 3.63) is 0 Å². The molecule has 0 bridgehead atoms. The first-order valence-corrected chi connectivity index (χ1v) is 15.5. The first-order chi connectivity index (χ1) is 11.2.